The van der Waals surface area contributed by atoms with E-state index in [1.807, 2.05) is 67.6 Å². The number of nitrogens with zero attached hydrogens (tertiary/aromatic N) is 3. The summed E-state index contributed by atoms with van der Waals surface area (Å²) in [5, 5.41) is 5.95. The standard InChI is InChI=1S/C32H37N5O5/c1-23(24-10-6-4-7-11-24)33-29(38)21-36-22-37(25-12-8-5-9-13-25)32(30(36)39)16-18-35(19-17-32)31(40)34-27-15-14-26(41-2)20-28(27)42-3/h4-15,20,23H,16-19,21-22H2,1-3H3,(H,33,38)(H,34,40). The first-order valence-electron chi connectivity index (χ1n) is 14.1. The van der Waals surface area contributed by atoms with Crippen LogP contribution >= 0.6 is 0 Å². The molecule has 42 heavy (non-hydrogen) atoms. The molecule has 10 heteroatoms. The largest absolute Gasteiger partial charge is 0.497 e. The number of ether oxygens (including phenoxy) is 2. The number of methoxy groups -OCH3 is 2. The molecule has 4 amide bonds. The molecule has 3 aromatic carbocycles. The molecule has 2 heterocycles. The summed E-state index contributed by atoms with van der Waals surface area (Å²) >= 11 is 0. The Morgan fingerprint density at radius 3 is 2.24 bits per heavy atom. The van der Waals surface area contributed by atoms with Crippen molar-refractivity contribution in [2.75, 3.05) is 50.7 Å². The molecule has 0 aromatic heterocycles. The molecule has 0 bridgehead atoms. The van der Waals surface area contributed by atoms with Crippen molar-refractivity contribution in [3.05, 3.63) is 84.4 Å². The molecule has 2 N–H and O–H groups in total. The zero-order valence-electron chi connectivity index (χ0n) is 24.2. The van der Waals surface area contributed by atoms with Gasteiger partial charge in [-0.1, -0.05) is 48.5 Å². The lowest BCUT2D eigenvalue weighted by molar-refractivity contribution is -0.137. The third-order valence-corrected chi connectivity index (χ3v) is 8.12. The fourth-order valence-electron chi connectivity index (χ4n) is 5.78. The topological polar surface area (TPSA) is 103 Å². The van der Waals surface area contributed by atoms with Crippen molar-refractivity contribution in [2.24, 2.45) is 0 Å². The van der Waals surface area contributed by atoms with E-state index < -0.39 is 5.54 Å². The normalized spacial score (nSPS) is 16.7. The highest BCUT2D eigenvalue weighted by Crippen LogP contribution is 2.40. The van der Waals surface area contributed by atoms with Crippen molar-refractivity contribution in [1.29, 1.82) is 0 Å². The summed E-state index contributed by atoms with van der Waals surface area (Å²) in [7, 11) is 3.10. The van der Waals surface area contributed by atoms with Gasteiger partial charge in [0.2, 0.25) is 5.91 Å². The quantitative estimate of drug-likeness (QED) is 0.419. The maximum atomic E-state index is 14.0. The van der Waals surface area contributed by atoms with Crippen LogP contribution in [0.4, 0.5) is 16.2 Å². The van der Waals surface area contributed by atoms with E-state index in [1.165, 1.54) is 7.11 Å². The van der Waals surface area contributed by atoms with E-state index in [2.05, 4.69) is 15.5 Å². The Balaban J connectivity index is 1.28. The Kier molecular flexibility index (Phi) is 8.51. The van der Waals surface area contributed by atoms with E-state index in [-0.39, 0.29) is 30.4 Å². The Labute approximate surface area is 246 Å². The number of para-hydroxylation sites is 1. The summed E-state index contributed by atoms with van der Waals surface area (Å²) in [5.74, 6) is 0.812. The minimum Gasteiger partial charge on any atom is -0.497 e. The minimum atomic E-state index is -0.846. The van der Waals surface area contributed by atoms with Crippen molar-refractivity contribution >= 4 is 29.2 Å². The maximum Gasteiger partial charge on any atom is 0.321 e. The first-order chi connectivity index (χ1) is 20.3. The third kappa shape index (κ3) is 5.83. The molecule has 2 fully saturated rings. The highest BCUT2D eigenvalue weighted by Gasteiger charge is 2.54. The van der Waals surface area contributed by atoms with Gasteiger partial charge >= 0.3 is 6.03 Å². The number of hydrogen-bond acceptors (Lipinski definition) is 6. The molecule has 5 rings (SSSR count). The average molecular weight is 572 g/mol. The number of benzene rings is 3. The van der Waals surface area contributed by atoms with Crippen molar-refractivity contribution in [3.63, 3.8) is 0 Å². The van der Waals surface area contributed by atoms with Gasteiger partial charge in [0, 0.05) is 24.8 Å². The van der Waals surface area contributed by atoms with Crippen molar-refractivity contribution in [1.82, 2.24) is 15.1 Å². The number of rotatable bonds is 8. The Morgan fingerprint density at radius 2 is 1.60 bits per heavy atom. The highest BCUT2D eigenvalue weighted by atomic mass is 16.5. The Bertz CT molecular complexity index is 1410. The summed E-state index contributed by atoms with van der Waals surface area (Å²) in [6.45, 7) is 2.95. The lowest BCUT2D eigenvalue weighted by Gasteiger charge is -2.43. The van der Waals surface area contributed by atoms with Gasteiger partial charge in [-0.15, -0.1) is 0 Å². The molecule has 1 unspecified atom stereocenters. The summed E-state index contributed by atoms with van der Waals surface area (Å²) < 4.78 is 10.7. The molecule has 3 aromatic rings. The van der Waals surface area contributed by atoms with Crippen molar-refractivity contribution < 1.29 is 23.9 Å². The molecule has 2 aliphatic rings. The monoisotopic (exact) mass is 571 g/mol. The second kappa shape index (κ2) is 12.4. The minimum absolute atomic E-state index is 0.0391. The van der Waals surface area contributed by atoms with Crippen LogP contribution in [0, 0.1) is 0 Å². The van der Waals surface area contributed by atoms with Crippen LogP contribution in [0.2, 0.25) is 0 Å². The molecule has 10 nitrogen and oxygen atoms in total. The fourth-order valence-corrected chi connectivity index (χ4v) is 5.78. The van der Waals surface area contributed by atoms with Gasteiger partial charge < -0.3 is 34.8 Å². The van der Waals surface area contributed by atoms with Crippen LogP contribution in [0.25, 0.3) is 0 Å². The van der Waals surface area contributed by atoms with Crippen LogP contribution in [-0.2, 0) is 9.59 Å². The Morgan fingerprint density at radius 1 is 0.929 bits per heavy atom. The van der Waals surface area contributed by atoms with Gasteiger partial charge in [-0.25, -0.2) is 4.79 Å². The smallest absolute Gasteiger partial charge is 0.321 e. The van der Waals surface area contributed by atoms with E-state index in [0.29, 0.717) is 49.8 Å². The zero-order valence-corrected chi connectivity index (χ0v) is 24.2. The molecular weight excluding hydrogens is 534 g/mol. The SMILES string of the molecule is COc1ccc(NC(=O)N2CCC3(CC2)C(=O)N(CC(=O)NC(C)c2ccccc2)CN3c2ccccc2)c(OC)c1. The number of carbonyl (C=O) groups excluding carboxylic acids is 3. The number of urea groups is 1. The molecule has 0 radical (unpaired) electrons. The van der Waals surface area contributed by atoms with E-state index >= 15 is 0 Å². The number of anilines is 2. The molecule has 220 valence electrons. The lowest BCUT2D eigenvalue weighted by atomic mass is 9.85. The second-order valence-corrected chi connectivity index (χ2v) is 10.6. The highest BCUT2D eigenvalue weighted by molar-refractivity contribution is 5.97. The van der Waals surface area contributed by atoms with Crippen LogP contribution in [0.3, 0.4) is 0 Å². The van der Waals surface area contributed by atoms with Gasteiger partial charge in [0.1, 0.15) is 23.6 Å². The van der Waals surface area contributed by atoms with Crippen molar-refractivity contribution in [3.8, 4) is 11.5 Å². The molecule has 1 atom stereocenters. The molecular formula is C32H37N5O5. The number of likely N-dealkylation sites (tertiary alicyclic amines) is 1. The van der Waals surface area contributed by atoms with Crippen molar-refractivity contribution in [2.45, 2.75) is 31.3 Å². The van der Waals surface area contributed by atoms with Gasteiger partial charge in [-0.2, -0.15) is 0 Å². The van der Waals surface area contributed by atoms with Gasteiger partial charge in [-0.3, -0.25) is 9.59 Å². The van der Waals surface area contributed by atoms with Gasteiger partial charge in [0.05, 0.1) is 32.6 Å². The number of carbonyl (C=O) groups is 3. The number of piperidine rings is 1. The number of hydrogen-bond donors (Lipinski definition) is 2. The van der Waals surface area contributed by atoms with E-state index in [1.54, 1.807) is 35.1 Å². The molecule has 1 spiro atoms. The third-order valence-electron chi connectivity index (χ3n) is 8.12. The van der Waals surface area contributed by atoms with Gasteiger partial charge in [-0.05, 0) is 49.6 Å². The van der Waals surface area contributed by atoms with Gasteiger partial charge in [0.15, 0.2) is 0 Å². The Hall–Kier alpha value is -4.73. The predicted octanol–water partition coefficient (Wildman–Crippen LogP) is 4.25. The first-order valence-corrected chi connectivity index (χ1v) is 14.1. The van der Waals surface area contributed by atoms with Gasteiger partial charge in [0.25, 0.3) is 5.91 Å². The van der Waals surface area contributed by atoms with Crippen LogP contribution < -0.4 is 25.0 Å². The van der Waals surface area contributed by atoms with E-state index in [0.717, 1.165) is 11.3 Å². The van der Waals surface area contributed by atoms with Crippen LogP contribution in [0.15, 0.2) is 78.9 Å². The predicted molar refractivity (Wildman–Crippen MR) is 161 cm³/mol. The molecule has 2 aliphatic heterocycles. The van der Waals surface area contributed by atoms with Crippen LogP contribution in [0.5, 0.6) is 11.5 Å². The summed E-state index contributed by atoms with van der Waals surface area (Å²) in [6, 6.07) is 24.3. The molecule has 0 aliphatic carbocycles. The first kappa shape index (κ1) is 28.8. The van der Waals surface area contributed by atoms with Crippen LogP contribution in [0.1, 0.15) is 31.4 Å². The van der Waals surface area contributed by atoms with Crippen LogP contribution in [-0.4, -0.2) is 73.7 Å². The lowest BCUT2D eigenvalue weighted by Crippen LogP contribution is -2.58. The second-order valence-electron chi connectivity index (χ2n) is 10.6. The zero-order chi connectivity index (χ0) is 29.7. The molecule has 0 saturated carbocycles. The maximum absolute atomic E-state index is 14.0. The molecule has 2 saturated heterocycles. The van der Waals surface area contributed by atoms with E-state index in [9.17, 15) is 14.4 Å². The summed E-state index contributed by atoms with van der Waals surface area (Å²) in [5.41, 5.74) is 1.60. The number of nitrogens with one attached hydrogen (secondary N) is 2. The fraction of sp³-hybridized carbons (Fsp3) is 0.344. The summed E-state index contributed by atoms with van der Waals surface area (Å²) in [4.78, 5) is 45.7. The van der Waals surface area contributed by atoms with E-state index in [4.69, 9.17) is 9.47 Å². The summed E-state index contributed by atoms with van der Waals surface area (Å²) in [6.07, 6.45) is 0.874. The average Bonchev–Trinajstić information content (AvgIpc) is 3.28. The number of amides is 4.